The Hall–Kier alpha value is -6.85. The lowest BCUT2D eigenvalue weighted by atomic mass is 9.80. The average molecular weight is 697 g/mol. The third-order valence-electron chi connectivity index (χ3n) is 9.76. The molecule has 0 unspecified atom stereocenters. The molecule has 1 aliphatic carbocycles. The fourth-order valence-corrected chi connectivity index (χ4v) is 7.39. The molecule has 3 heterocycles. The summed E-state index contributed by atoms with van der Waals surface area (Å²) in [7, 11) is 0. The van der Waals surface area contributed by atoms with Gasteiger partial charge in [0, 0.05) is 57.6 Å². The van der Waals surface area contributed by atoms with Crippen LogP contribution in [-0.4, -0.2) is 19.5 Å². The number of fused-ring (bicyclic) bond motifs is 10. The summed E-state index contributed by atoms with van der Waals surface area (Å²) in [5.41, 5.74) is -3.50. The summed E-state index contributed by atoms with van der Waals surface area (Å²) in [6.45, 7) is -7.30. The van der Waals surface area contributed by atoms with Crippen LogP contribution < -0.4 is 0 Å². The molecular formula is C48H32N4O. The number of rotatable bonds is 4. The maximum Gasteiger partial charge on any atom is 0.164 e. The Morgan fingerprint density at radius 3 is 2.15 bits per heavy atom. The summed E-state index contributed by atoms with van der Waals surface area (Å²) < 4.78 is 152. The highest BCUT2D eigenvalue weighted by molar-refractivity contribution is 6.14. The molecule has 0 N–H and O–H groups in total. The molecule has 250 valence electrons. The van der Waals surface area contributed by atoms with Crippen molar-refractivity contribution < 1.29 is 26.3 Å². The van der Waals surface area contributed by atoms with E-state index in [1.807, 2.05) is 72.8 Å². The number of benzene rings is 7. The van der Waals surface area contributed by atoms with E-state index in [1.54, 1.807) is 24.3 Å². The van der Waals surface area contributed by atoms with Crippen LogP contribution in [0.5, 0.6) is 0 Å². The van der Waals surface area contributed by atoms with Gasteiger partial charge >= 0.3 is 0 Å². The lowest BCUT2D eigenvalue weighted by molar-refractivity contribution is 0.666. The Morgan fingerprint density at radius 1 is 0.566 bits per heavy atom. The van der Waals surface area contributed by atoms with Crippen molar-refractivity contribution in [2.75, 3.05) is 0 Å². The second-order valence-corrected chi connectivity index (χ2v) is 12.8. The van der Waals surface area contributed by atoms with Crippen molar-refractivity contribution in [2.24, 2.45) is 0 Å². The first-order valence-electron chi connectivity index (χ1n) is 24.7. The van der Waals surface area contributed by atoms with Gasteiger partial charge < -0.3 is 8.98 Å². The Labute approximate surface area is 328 Å². The predicted molar refractivity (Wildman–Crippen MR) is 215 cm³/mol. The third kappa shape index (κ3) is 4.40. The second kappa shape index (κ2) is 11.1. The predicted octanol–water partition coefficient (Wildman–Crippen LogP) is 12.2. The van der Waals surface area contributed by atoms with Gasteiger partial charge in [0.2, 0.25) is 0 Å². The smallest absolute Gasteiger partial charge is 0.164 e. The molecule has 0 amide bonds. The molecule has 5 heteroatoms. The van der Waals surface area contributed by atoms with E-state index in [0.29, 0.717) is 39.5 Å². The lowest BCUT2D eigenvalue weighted by Gasteiger charge is -2.22. The molecule has 0 fully saturated rings. The molecule has 0 atom stereocenters. The summed E-state index contributed by atoms with van der Waals surface area (Å²) in [6, 6.07) is 20.9. The zero-order valence-electron chi connectivity index (χ0n) is 43.4. The van der Waals surface area contributed by atoms with Crippen LogP contribution in [0.15, 0.2) is 162 Å². The molecule has 0 bridgehead atoms. The van der Waals surface area contributed by atoms with E-state index in [4.69, 9.17) is 35.8 Å². The van der Waals surface area contributed by atoms with E-state index in [2.05, 4.69) is 0 Å². The van der Waals surface area contributed by atoms with Crippen LogP contribution in [0.25, 0.3) is 94.7 Å². The summed E-state index contributed by atoms with van der Waals surface area (Å²) in [6.07, 6.45) is 0. The second-order valence-electron chi connectivity index (χ2n) is 12.8. The Morgan fingerprint density at radius 2 is 1.28 bits per heavy atom. The van der Waals surface area contributed by atoms with Gasteiger partial charge in [0.15, 0.2) is 17.5 Å². The van der Waals surface area contributed by atoms with Crippen molar-refractivity contribution >= 4 is 43.7 Å². The maximum atomic E-state index is 9.65. The zero-order valence-corrected chi connectivity index (χ0v) is 27.4. The quantitative estimate of drug-likeness (QED) is 0.184. The zero-order chi connectivity index (χ0) is 49.0. The van der Waals surface area contributed by atoms with Gasteiger partial charge in [-0.3, -0.25) is 0 Å². The largest absolute Gasteiger partial charge is 0.456 e. The number of hydrogen-bond acceptors (Lipinski definition) is 4. The molecule has 10 aromatic rings. The maximum absolute atomic E-state index is 9.65. The normalized spacial score (nSPS) is 18.0. The molecule has 0 saturated carbocycles. The highest BCUT2D eigenvalue weighted by Gasteiger charge is 2.38. The topological polar surface area (TPSA) is 56.7 Å². The standard InChI is InChI=1S/C48H32N4O/c1-48(2)38-20-9-6-17-33(38)35-24-25-40-43(44(35)48)36-19-7-10-21-39(36)52(40)32-16-12-15-30(27-32)46-49-45(29-13-4-3-5-14-29)50-47(51-46)31-23-26-42-37(28-31)34-18-8-11-22-41(34)53-42/h3-28H,1-2H3/i1D3,2D3,6D,7D,9D,10D,17D,19D,20D,21D,24D,25D. The number of hydrogen-bond donors (Lipinski definition) is 0. The van der Waals surface area contributed by atoms with E-state index < -0.39 is 107 Å². The summed E-state index contributed by atoms with van der Waals surface area (Å²) in [4.78, 5) is 14.7. The van der Waals surface area contributed by atoms with Crippen molar-refractivity contribution in [1.82, 2.24) is 19.5 Å². The molecule has 5 nitrogen and oxygen atoms in total. The Kier molecular flexibility index (Phi) is 3.78. The van der Waals surface area contributed by atoms with Crippen molar-refractivity contribution in [3.8, 4) is 51.0 Å². The Bertz CT molecular complexity index is 3880. The number of aromatic nitrogens is 4. The SMILES string of the molecule is [2H]c1c([2H])c([2H])c2c(c1[2H])-c1c([2H])c([2H])c3c(c1C2(C([2H])([2H])[2H])C([2H])([2H])[2H])c1c([2H])c([2H])c([2H])c([2H])c1n3-c1cccc(-c2nc(-c3ccccc3)nc(-c3ccc4oc5ccccc5c4c3)n2)c1. The van der Waals surface area contributed by atoms with Crippen molar-refractivity contribution in [3.63, 3.8) is 0 Å². The van der Waals surface area contributed by atoms with E-state index in [-0.39, 0.29) is 27.9 Å². The summed E-state index contributed by atoms with van der Waals surface area (Å²) in [5, 5.41) is 0.899. The average Bonchev–Trinajstić information content (AvgIpc) is 4.00. The molecule has 1 aliphatic rings. The minimum atomic E-state index is -3.65. The van der Waals surface area contributed by atoms with Crippen molar-refractivity contribution in [2.45, 2.75) is 19.1 Å². The highest BCUT2D eigenvalue weighted by atomic mass is 16.3. The molecule has 0 radical (unpaired) electrons. The minimum Gasteiger partial charge on any atom is -0.456 e. The number of nitrogens with zero attached hydrogens (tertiary/aromatic N) is 4. The van der Waals surface area contributed by atoms with Gasteiger partial charge in [-0.1, -0.05) is 123 Å². The molecule has 11 rings (SSSR count). The van der Waals surface area contributed by atoms with E-state index in [0.717, 1.165) is 10.8 Å². The lowest BCUT2D eigenvalue weighted by Crippen LogP contribution is -2.15. The molecule has 53 heavy (non-hydrogen) atoms. The van der Waals surface area contributed by atoms with Gasteiger partial charge in [-0.25, -0.2) is 15.0 Å². The fraction of sp³-hybridized carbons (Fsp3) is 0.0625. The van der Waals surface area contributed by atoms with Gasteiger partial charge in [-0.15, -0.1) is 0 Å². The van der Waals surface area contributed by atoms with Crippen LogP contribution in [0, 0.1) is 0 Å². The number of para-hydroxylation sites is 2. The number of furan rings is 1. The van der Waals surface area contributed by atoms with E-state index in [9.17, 15) is 5.48 Å². The molecule has 3 aromatic heterocycles. The van der Waals surface area contributed by atoms with Crippen molar-refractivity contribution in [3.05, 3.63) is 169 Å². The van der Waals surface area contributed by atoms with Crippen LogP contribution >= 0.6 is 0 Å². The van der Waals surface area contributed by atoms with Crippen LogP contribution in [0.2, 0.25) is 0 Å². The summed E-state index contributed by atoms with van der Waals surface area (Å²) in [5.74, 6) is 0.771. The molecule has 0 saturated heterocycles. The highest BCUT2D eigenvalue weighted by Crippen LogP contribution is 2.53. The van der Waals surface area contributed by atoms with E-state index in [1.165, 1.54) is 4.57 Å². The van der Waals surface area contributed by atoms with Crippen LogP contribution in [0.1, 0.15) is 46.8 Å². The van der Waals surface area contributed by atoms with Gasteiger partial charge in [0.1, 0.15) is 11.2 Å². The molecule has 0 spiro atoms. The Balaban J connectivity index is 1.25. The van der Waals surface area contributed by atoms with Gasteiger partial charge in [0.25, 0.3) is 0 Å². The third-order valence-corrected chi connectivity index (χ3v) is 9.76. The fourth-order valence-electron chi connectivity index (χ4n) is 7.39. The first-order valence-corrected chi connectivity index (χ1v) is 16.7. The molecule has 0 aliphatic heterocycles. The first kappa shape index (κ1) is 18.1. The van der Waals surface area contributed by atoms with E-state index >= 15 is 0 Å². The van der Waals surface area contributed by atoms with Crippen molar-refractivity contribution in [1.29, 1.82) is 0 Å². The van der Waals surface area contributed by atoms with Gasteiger partial charge in [0.05, 0.1) is 24.7 Å². The van der Waals surface area contributed by atoms with Gasteiger partial charge in [-0.2, -0.15) is 0 Å². The molecular weight excluding hydrogens is 649 g/mol. The van der Waals surface area contributed by atoms with Crippen LogP contribution in [-0.2, 0) is 5.41 Å². The summed E-state index contributed by atoms with van der Waals surface area (Å²) >= 11 is 0. The minimum absolute atomic E-state index is 0.119. The van der Waals surface area contributed by atoms with Gasteiger partial charge in [-0.05, 0) is 70.7 Å². The van der Waals surface area contributed by atoms with Crippen LogP contribution in [0.4, 0.5) is 0 Å². The first-order chi connectivity index (χ1) is 32.7. The monoisotopic (exact) mass is 696 g/mol. The molecule has 7 aromatic carbocycles. The van der Waals surface area contributed by atoms with Crippen LogP contribution in [0.3, 0.4) is 0 Å².